The topological polar surface area (TPSA) is 24.5 Å². The molecule has 21 heavy (non-hydrogen) atoms. The highest BCUT2D eigenvalue weighted by atomic mass is 16.5. The number of rotatable bonds is 7. The zero-order chi connectivity index (χ0) is 15.7. The minimum absolute atomic E-state index is 0.0130. The molecule has 2 aliphatic rings. The van der Waals surface area contributed by atoms with Gasteiger partial charge in [-0.3, -0.25) is 4.90 Å². The zero-order valence-corrected chi connectivity index (χ0v) is 15.0. The molecule has 3 nitrogen and oxygen atoms in total. The molecule has 3 unspecified atom stereocenters. The zero-order valence-electron chi connectivity index (χ0n) is 15.0. The second-order valence-electron chi connectivity index (χ2n) is 8.21. The maximum atomic E-state index is 5.62. The third-order valence-corrected chi connectivity index (χ3v) is 6.05. The van der Waals surface area contributed by atoms with Gasteiger partial charge in [0.2, 0.25) is 0 Å². The molecule has 2 fully saturated rings. The highest BCUT2D eigenvalue weighted by Crippen LogP contribution is 2.42. The van der Waals surface area contributed by atoms with E-state index in [0.29, 0.717) is 11.6 Å². The minimum atomic E-state index is -0.0130. The molecule has 1 saturated heterocycles. The molecule has 3 heteroatoms. The van der Waals surface area contributed by atoms with Crippen molar-refractivity contribution >= 4 is 0 Å². The van der Waals surface area contributed by atoms with Gasteiger partial charge in [0, 0.05) is 38.3 Å². The van der Waals surface area contributed by atoms with E-state index in [0.717, 1.165) is 31.3 Å². The van der Waals surface area contributed by atoms with Gasteiger partial charge in [0.25, 0.3) is 0 Å². The molecule has 1 aliphatic carbocycles. The Balaban J connectivity index is 2.02. The molecule has 0 radical (unpaired) electrons. The van der Waals surface area contributed by atoms with Crippen LogP contribution in [0.25, 0.3) is 0 Å². The van der Waals surface area contributed by atoms with Crippen LogP contribution in [0.5, 0.6) is 0 Å². The molecule has 0 aromatic rings. The van der Waals surface area contributed by atoms with Crippen molar-refractivity contribution < 1.29 is 4.74 Å². The van der Waals surface area contributed by atoms with Gasteiger partial charge in [0.15, 0.2) is 0 Å². The summed E-state index contributed by atoms with van der Waals surface area (Å²) in [5.41, 5.74) is 0.321. The van der Waals surface area contributed by atoms with E-state index in [2.05, 4.69) is 44.8 Å². The Labute approximate surface area is 131 Å². The lowest BCUT2D eigenvalue weighted by atomic mass is 9.86. The standard InChI is InChI=1S/C18H36N2O/c1-7-14(2)16-12-19-18(5,15-8-9-15)13-20(16)11-10-17(3,4)21-6/h14-16,19H,7-13H2,1-6H3. The molecule has 1 N–H and O–H groups in total. The lowest BCUT2D eigenvalue weighted by Gasteiger charge is -2.49. The Morgan fingerprint density at radius 2 is 2.05 bits per heavy atom. The smallest absolute Gasteiger partial charge is 0.0634 e. The average Bonchev–Trinajstić information content (AvgIpc) is 3.29. The Bertz CT molecular complexity index is 340. The molecule has 1 heterocycles. The highest BCUT2D eigenvalue weighted by Gasteiger charge is 2.46. The summed E-state index contributed by atoms with van der Waals surface area (Å²) in [4.78, 5) is 2.75. The first-order chi connectivity index (χ1) is 9.81. The van der Waals surface area contributed by atoms with Crippen molar-refractivity contribution in [2.24, 2.45) is 11.8 Å². The predicted octanol–water partition coefficient (Wildman–Crippen LogP) is 3.29. The monoisotopic (exact) mass is 296 g/mol. The van der Waals surface area contributed by atoms with E-state index in [-0.39, 0.29) is 5.60 Å². The van der Waals surface area contributed by atoms with Gasteiger partial charge in [0.05, 0.1) is 5.60 Å². The van der Waals surface area contributed by atoms with E-state index in [1.165, 1.54) is 25.8 Å². The number of nitrogens with zero attached hydrogens (tertiary/aromatic N) is 1. The predicted molar refractivity (Wildman–Crippen MR) is 89.7 cm³/mol. The van der Waals surface area contributed by atoms with Gasteiger partial charge in [-0.15, -0.1) is 0 Å². The molecular formula is C18H36N2O. The molecule has 0 spiro atoms. The Morgan fingerprint density at radius 3 is 2.57 bits per heavy atom. The van der Waals surface area contributed by atoms with E-state index in [9.17, 15) is 0 Å². The maximum Gasteiger partial charge on any atom is 0.0634 e. The number of piperazine rings is 1. The Morgan fingerprint density at radius 1 is 1.38 bits per heavy atom. The van der Waals surface area contributed by atoms with Gasteiger partial charge in [-0.2, -0.15) is 0 Å². The van der Waals surface area contributed by atoms with E-state index in [1.54, 1.807) is 0 Å². The van der Waals surface area contributed by atoms with E-state index in [4.69, 9.17) is 4.74 Å². The number of hydrogen-bond acceptors (Lipinski definition) is 3. The number of hydrogen-bond donors (Lipinski definition) is 1. The third kappa shape index (κ3) is 4.20. The van der Waals surface area contributed by atoms with Crippen molar-refractivity contribution in [2.75, 3.05) is 26.7 Å². The molecule has 1 saturated carbocycles. The van der Waals surface area contributed by atoms with Crippen LogP contribution in [0, 0.1) is 11.8 Å². The highest BCUT2D eigenvalue weighted by molar-refractivity contribution is 5.04. The van der Waals surface area contributed by atoms with Crippen LogP contribution in [0.15, 0.2) is 0 Å². The summed E-state index contributed by atoms with van der Waals surface area (Å²) in [5, 5.41) is 3.89. The quantitative estimate of drug-likeness (QED) is 0.780. The number of nitrogens with one attached hydrogen (secondary N) is 1. The van der Waals surface area contributed by atoms with Gasteiger partial charge in [-0.25, -0.2) is 0 Å². The average molecular weight is 296 g/mol. The second kappa shape index (κ2) is 6.55. The molecule has 3 atom stereocenters. The maximum absolute atomic E-state index is 5.62. The van der Waals surface area contributed by atoms with Crippen LogP contribution in [0.2, 0.25) is 0 Å². The summed E-state index contributed by atoms with van der Waals surface area (Å²) < 4.78 is 5.62. The molecule has 0 bridgehead atoms. The second-order valence-corrected chi connectivity index (χ2v) is 8.21. The van der Waals surface area contributed by atoms with Crippen LogP contribution in [0.3, 0.4) is 0 Å². The minimum Gasteiger partial charge on any atom is -0.379 e. The van der Waals surface area contributed by atoms with Crippen LogP contribution >= 0.6 is 0 Å². The summed E-state index contributed by atoms with van der Waals surface area (Å²) in [7, 11) is 1.83. The van der Waals surface area contributed by atoms with Gasteiger partial charge in [-0.05, 0) is 51.9 Å². The third-order valence-electron chi connectivity index (χ3n) is 6.05. The first-order valence-electron chi connectivity index (χ1n) is 8.85. The number of methoxy groups -OCH3 is 1. The molecule has 124 valence electrons. The van der Waals surface area contributed by atoms with Crippen molar-refractivity contribution in [1.29, 1.82) is 0 Å². The fourth-order valence-electron chi connectivity index (χ4n) is 3.65. The van der Waals surface area contributed by atoms with Crippen LogP contribution in [-0.4, -0.2) is 48.8 Å². The largest absolute Gasteiger partial charge is 0.379 e. The van der Waals surface area contributed by atoms with Crippen LogP contribution < -0.4 is 5.32 Å². The summed E-state index contributed by atoms with van der Waals surface area (Å²) in [5.74, 6) is 1.65. The number of ether oxygens (including phenoxy) is 1. The lowest BCUT2D eigenvalue weighted by molar-refractivity contribution is -0.0130. The summed E-state index contributed by atoms with van der Waals surface area (Å²) in [6.45, 7) is 15.1. The Hall–Kier alpha value is -0.120. The fraction of sp³-hybridized carbons (Fsp3) is 1.00. The first-order valence-corrected chi connectivity index (χ1v) is 8.85. The van der Waals surface area contributed by atoms with E-state index < -0.39 is 0 Å². The summed E-state index contributed by atoms with van der Waals surface area (Å²) in [6, 6.07) is 0.675. The molecule has 0 amide bonds. The van der Waals surface area contributed by atoms with Gasteiger partial charge >= 0.3 is 0 Å². The van der Waals surface area contributed by atoms with Crippen molar-refractivity contribution in [3.63, 3.8) is 0 Å². The van der Waals surface area contributed by atoms with E-state index >= 15 is 0 Å². The van der Waals surface area contributed by atoms with E-state index in [1.807, 2.05) is 7.11 Å². The molecular weight excluding hydrogens is 260 g/mol. The van der Waals surface area contributed by atoms with Gasteiger partial charge in [0.1, 0.15) is 0 Å². The lowest BCUT2D eigenvalue weighted by Crippen LogP contribution is -2.65. The van der Waals surface area contributed by atoms with Crippen molar-refractivity contribution in [3.05, 3.63) is 0 Å². The SMILES string of the molecule is CCC(C)C1CNC(C)(C2CC2)CN1CCC(C)(C)OC. The van der Waals surface area contributed by atoms with Gasteiger partial charge in [-0.1, -0.05) is 20.3 Å². The van der Waals surface area contributed by atoms with Crippen LogP contribution in [0.1, 0.15) is 60.3 Å². The van der Waals surface area contributed by atoms with Crippen LogP contribution in [-0.2, 0) is 4.74 Å². The van der Waals surface area contributed by atoms with Crippen molar-refractivity contribution in [1.82, 2.24) is 10.2 Å². The van der Waals surface area contributed by atoms with Crippen molar-refractivity contribution in [3.8, 4) is 0 Å². The molecule has 2 rings (SSSR count). The molecule has 0 aromatic heterocycles. The Kier molecular flexibility index (Phi) is 5.38. The summed E-state index contributed by atoms with van der Waals surface area (Å²) in [6.07, 6.45) is 5.19. The first kappa shape index (κ1) is 17.2. The molecule has 0 aromatic carbocycles. The van der Waals surface area contributed by atoms with Crippen LogP contribution in [0.4, 0.5) is 0 Å². The molecule has 1 aliphatic heterocycles. The van der Waals surface area contributed by atoms with Gasteiger partial charge < -0.3 is 10.1 Å². The fourth-order valence-corrected chi connectivity index (χ4v) is 3.65. The van der Waals surface area contributed by atoms with Crippen molar-refractivity contribution in [2.45, 2.75) is 77.5 Å². The normalized spacial score (nSPS) is 33.1. The summed E-state index contributed by atoms with van der Waals surface area (Å²) >= 11 is 0.